The van der Waals surface area contributed by atoms with Crippen LogP contribution in [0.25, 0.3) is 0 Å². The van der Waals surface area contributed by atoms with E-state index in [-0.39, 0.29) is 12.2 Å². The van der Waals surface area contributed by atoms with E-state index in [2.05, 4.69) is 0 Å². The fourth-order valence-corrected chi connectivity index (χ4v) is 1.19. The van der Waals surface area contributed by atoms with Gasteiger partial charge in [0.25, 0.3) is 0 Å². The van der Waals surface area contributed by atoms with E-state index in [0.717, 1.165) is 11.5 Å². The molecule has 1 unspecified atom stereocenters. The van der Waals surface area contributed by atoms with Gasteiger partial charge in [-0.05, 0) is 32.9 Å². The first-order valence-electron chi connectivity index (χ1n) is 4.55. The third kappa shape index (κ3) is 2.86. The summed E-state index contributed by atoms with van der Waals surface area (Å²) in [5.41, 5.74) is 5.58. The predicted octanol–water partition coefficient (Wildman–Crippen LogP) is 2.01. The second-order valence-electron chi connectivity index (χ2n) is 3.36. The number of ether oxygens (including phenoxy) is 1. The quantitative estimate of drug-likeness (QED) is 0.776. The lowest BCUT2D eigenvalue weighted by atomic mass is 10.2. The largest absolute Gasteiger partial charge is 0.464 e. The lowest BCUT2D eigenvalue weighted by Gasteiger charge is -2.16. The van der Waals surface area contributed by atoms with Crippen LogP contribution in [0.1, 0.15) is 31.5 Å². The Balaban J connectivity index is 2.66. The van der Waals surface area contributed by atoms with Gasteiger partial charge in [-0.25, -0.2) is 0 Å². The first-order chi connectivity index (χ1) is 6.13. The van der Waals surface area contributed by atoms with Crippen molar-refractivity contribution in [3.8, 4) is 0 Å². The minimum atomic E-state index is -0.117. The molecule has 0 spiro atoms. The number of furan rings is 1. The molecule has 0 bridgehead atoms. The Kier molecular flexibility index (Phi) is 3.51. The maximum absolute atomic E-state index is 5.58. The Bertz CT molecular complexity index is 255. The number of hydrogen-bond acceptors (Lipinski definition) is 3. The van der Waals surface area contributed by atoms with Crippen LogP contribution in [0.5, 0.6) is 0 Å². The van der Waals surface area contributed by atoms with Crippen molar-refractivity contribution in [1.29, 1.82) is 0 Å². The van der Waals surface area contributed by atoms with Crippen LogP contribution in [0.3, 0.4) is 0 Å². The van der Waals surface area contributed by atoms with Gasteiger partial charge in [0.2, 0.25) is 0 Å². The first-order valence-corrected chi connectivity index (χ1v) is 4.55. The molecule has 1 atom stereocenters. The minimum Gasteiger partial charge on any atom is -0.464 e. The molecule has 0 aromatic carbocycles. The molecule has 1 heterocycles. The van der Waals surface area contributed by atoms with E-state index in [0.29, 0.717) is 6.54 Å². The highest BCUT2D eigenvalue weighted by molar-refractivity contribution is 5.08. The Morgan fingerprint density at radius 2 is 2.15 bits per heavy atom. The van der Waals surface area contributed by atoms with Gasteiger partial charge in [0.15, 0.2) is 0 Å². The predicted molar refractivity (Wildman–Crippen MR) is 51.5 cm³/mol. The van der Waals surface area contributed by atoms with Crippen molar-refractivity contribution in [2.45, 2.75) is 33.0 Å². The fourth-order valence-electron chi connectivity index (χ4n) is 1.19. The molecule has 0 radical (unpaired) electrons. The van der Waals surface area contributed by atoms with Crippen molar-refractivity contribution in [1.82, 2.24) is 0 Å². The third-order valence-corrected chi connectivity index (χ3v) is 1.73. The molecule has 0 fully saturated rings. The van der Waals surface area contributed by atoms with Crippen LogP contribution < -0.4 is 5.73 Å². The highest BCUT2D eigenvalue weighted by Gasteiger charge is 2.14. The average Bonchev–Trinajstić information content (AvgIpc) is 2.47. The summed E-state index contributed by atoms with van der Waals surface area (Å²) in [6.45, 7) is 6.33. The van der Waals surface area contributed by atoms with E-state index in [1.807, 2.05) is 32.9 Å². The summed E-state index contributed by atoms with van der Waals surface area (Å²) in [5, 5.41) is 0. The van der Waals surface area contributed by atoms with Crippen LogP contribution in [0, 0.1) is 6.92 Å². The molecule has 0 aliphatic heterocycles. The van der Waals surface area contributed by atoms with Gasteiger partial charge in [-0.1, -0.05) is 0 Å². The van der Waals surface area contributed by atoms with Crippen molar-refractivity contribution < 1.29 is 9.15 Å². The molecule has 13 heavy (non-hydrogen) atoms. The van der Waals surface area contributed by atoms with Crippen LogP contribution >= 0.6 is 0 Å². The van der Waals surface area contributed by atoms with E-state index >= 15 is 0 Å². The zero-order valence-electron chi connectivity index (χ0n) is 8.41. The molecule has 1 rings (SSSR count). The SMILES string of the molecule is Cc1ccc(C(CN)OC(C)C)o1. The number of nitrogens with two attached hydrogens (primary N) is 1. The summed E-state index contributed by atoms with van der Waals surface area (Å²) in [4.78, 5) is 0. The third-order valence-electron chi connectivity index (χ3n) is 1.73. The number of hydrogen-bond donors (Lipinski definition) is 1. The summed E-state index contributed by atoms with van der Waals surface area (Å²) in [5.74, 6) is 1.70. The molecule has 0 amide bonds. The summed E-state index contributed by atoms with van der Waals surface area (Å²) in [7, 11) is 0. The molecule has 3 nitrogen and oxygen atoms in total. The second kappa shape index (κ2) is 4.44. The minimum absolute atomic E-state index is 0.117. The van der Waals surface area contributed by atoms with Crippen LogP contribution in [0.4, 0.5) is 0 Å². The van der Waals surface area contributed by atoms with Crippen LogP contribution in [-0.2, 0) is 4.74 Å². The summed E-state index contributed by atoms with van der Waals surface area (Å²) >= 11 is 0. The molecule has 0 aliphatic carbocycles. The van der Waals surface area contributed by atoms with Gasteiger partial charge in [0.1, 0.15) is 17.6 Å². The van der Waals surface area contributed by atoms with Gasteiger partial charge < -0.3 is 14.9 Å². The van der Waals surface area contributed by atoms with Crippen molar-refractivity contribution in [2.24, 2.45) is 5.73 Å². The average molecular weight is 183 g/mol. The molecule has 1 aromatic rings. The van der Waals surface area contributed by atoms with Gasteiger partial charge in [-0.3, -0.25) is 0 Å². The van der Waals surface area contributed by atoms with Gasteiger partial charge in [0, 0.05) is 6.54 Å². The molecule has 0 saturated heterocycles. The maximum atomic E-state index is 5.58. The van der Waals surface area contributed by atoms with Crippen LogP contribution in [-0.4, -0.2) is 12.6 Å². The summed E-state index contributed by atoms with van der Waals surface area (Å²) in [6.07, 6.45) is 0.0488. The van der Waals surface area contributed by atoms with Crippen LogP contribution in [0.2, 0.25) is 0 Å². The first kappa shape index (κ1) is 10.3. The van der Waals surface area contributed by atoms with Crippen molar-refractivity contribution in [2.75, 3.05) is 6.54 Å². The Labute approximate surface area is 78.9 Å². The van der Waals surface area contributed by atoms with Crippen molar-refractivity contribution in [3.63, 3.8) is 0 Å². The van der Waals surface area contributed by atoms with E-state index < -0.39 is 0 Å². The van der Waals surface area contributed by atoms with E-state index in [1.54, 1.807) is 0 Å². The summed E-state index contributed by atoms with van der Waals surface area (Å²) < 4.78 is 11.0. The van der Waals surface area contributed by atoms with Gasteiger partial charge in [0.05, 0.1) is 6.10 Å². The number of aryl methyl sites for hydroxylation is 1. The van der Waals surface area contributed by atoms with Crippen molar-refractivity contribution in [3.05, 3.63) is 23.7 Å². The molecule has 0 saturated carbocycles. The number of rotatable bonds is 4. The molecule has 1 aromatic heterocycles. The Morgan fingerprint density at radius 1 is 1.46 bits per heavy atom. The van der Waals surface area contributed by atoms with E-state index in [4.69, 9.17) is 14.9 Å². The topological polar surface area (TPSA) is 48.4 Å². The normalized spacial score (nSPS) is 13.6. The zero-order valence-corrected chi connectivity index (χ0v) is 8.41. The second-order valence-corrected chi connectivity index (χ2v) is 3.36. The molecule has 74 valence electrons. The van der Waals surface area contributed by atoms with E-state index in [1.165, 1.54) is 0 Å². The van der Waals surface area contributed by atoms with Crippen molar-refractivity contribution >= 4 is 0 Å². The molecule has 2 N–H and O–H groups in total. The Morgan fingerprint density at radius 3 is 2.54 bits per heavy atom. The molecular weight excluding hydrogens is 166 g/mol. The highest BCUT2D eigenvalue weighted by atomic mass is 16.5. The molecule has 0 aliphatic rings. The van der Waals surface area contributed by atoms with E-state index in [9.17, 15) is 0 Å². The highest BCUT2D eigenvalue weighted by Crippen LogP contribution is 2.20. The lowest BCUT2D eigenvalue weighted by Crippen LogP contribution is -2.18. The molecular formula is C10H17NO2. The zero-order chi connectivity index (χ0) is 9.84. The molecule has 3 heteroatoms. The van der Waals surface area contributed by atoms with Crippen LogP contribution in [0.15, 0.2) is 16.5 Å². The van der Waals surface area contributed by atoms with Gasteiger partial charge in [-0.2, -0.15) is 0 Å². The maximum Gasteiger partial charge on any atom is 0.134 e. The fraction of sp³-hybridized carbons (Fsp3) is 0.600. The van der Waals surface area contributed by atoms with Gasteiger partial charge >= 0.3 is 0 Å². The Hall–Kier alpha value is -0.800. The van der Waals surface area contributed by atoms with Gasteiger partial charge in [-0.15, -0.1) is 0 Å². The smallest absolute Gasteiger partial charge is 0.134 e. The monoisotopic (exact) mass is 183 g/mol. The lowest BCUT2D eigenvalue weighted by molar-refractivity contribution is -0.000305. The standard InChI is InChI=1S/C10H17NO2/c1-7(2)12-10(6-11)9-5-4-8(3)13-9/h4-5,7,10H,6,11H2,1-3H3. The summed E-state index contributed by atoms with van der Waals surface area (Å²) in [6, 6.07) is 3.83.